The fourth-order valence-electron chi connectivity index (χ4n) is 2.19. The molecule has 0 amide bonds. The van der Waals surface area contributed by atoms with Crippen LogP contribution >= 0.6 is 15.9 Å². The first kappa shape index (κ1) is 19.2. The van der Waals surface area contributed by atoms with Crippen molar-refractivity contribution < 1.29 is 19.1 Å². The van der Waals surface area contributed by atoms with Crippen LogP contribution in [0.1, 0.15) is 53.3 Å². The number of hydrogen-bond acceptors (Lipinski definition) is 4. The molecule has 132 valence electrons. The first-order valence-corrected chi connectivity index (χ1v) is 9.14. The predicted octanol–water partition coefficient (Wildman–Crippen LogP) is 5.41. The molecular formula is C20H21BrO4. The summed E-state index contributed by atoms with van der Waals surface area (Å²) in [5.41, 5.74) is 0.804. The molecular weight excluding hydrogens is 384 g/mol. The third-order valence-corrected chi connectivity index (χ3v) is 4.14. The maximum Gasteiger partial charge on any atom is 0.343 e. The van der Waals surface area contributed by atoms with Gasteiger partial charge in [0.15, 0.2) is 0 Å². The summed E-state index contributed by atoms with van der Waals surface area (Å²) >= 11 is 3.32. The molecule has 0 heterocycles. The van der Waals surface area contributed by atoms with E-state index in [1.165, 1.54) is 0 Å². The van der Waals surface area contributed by atoms with Crippen molar-refractivity contribution in [3.63, 3.8) is 0 Å². The van der Waals surface area contributed by atoms with Gasteiger partial charge in [-0.1, -0.05) is 42.1 Å². The Bertz CT molecular complexity index is 693. The van der Waals surface area contributed by atoms with Gasteiger partial charge in [0.2, 0.25) is 0 Å². The highest BCUT2D eigenvalue weighted by molar-refractivity contribution is 9.10. The number of hydrogen-bond donors (Lipinski definition) is 0. The minimum atomic E-state index is -0.471. The van der Waals surface area contributed by atoms with Crippen LogP contribution < -0.4 is 4.74 Å². The fraction of sp³-hybridized carbons (Fsp3) is 0.300. The SMILES string of the molecule is CCCCCCOC(=O)c1ccc(C(=O)Oc2ccc(Br)cc2)cc1. The standard InChI is InChI=1S/C20H21BrO4/c1-2-3-4-5-14-24-19(22)15-6-8-16(9-7-15)20(23)25-18-12-10-17(21)11-13-18/h6-13H,2-5,14H2,1H3. The van der Waals surface area contributed by atoms with Crippen molar-refractivity contribution in [1.29, 1.82) is 0 Å². The second kappa shape index (κ2) is 9.99. The fourth-order valence-corrected chi connectivity index (χ4v) is 2.45. The average molecular weight is 405 g/mol. The van der Waals surface area contributed by atoms with Crippen molar-refractivity contribution in [1.82, 2.24) is 0 Å². The summed E-state index contributed by atoms with van der Waals surface area (Å²) in [6.45, 7) is 2.56. The van der Waals surface area contributed by atoms with Crippen molar-refractivity contribution >= 4 is 27.9 Å². The van der Waals surface area contributed by atoms with E-state index < -0.39 is 5.97 Å². The first-order valence-electron chi connectivity index (χ1n) is 8.35. The number of unbranched alkanes of at least 4 members (excludes halogenated alkanes) is 3. The minimum absolute atomic E-state index is 0.371. The van der Waals surface area contributed by atoms with Crippen LogP contribution in [0.4, 0.5) is 0 Å². The first-order chi connectivity index (χ1) is 12.1. The van der Waals surface area contributed by atoms with Gasteiger partial charge >= 0.3 is 11.9 Å². The highest BCUT2D eigenvalue weighted by atomic mass is 79.9. The molecule has 0 aliphatic carbocycles. The van der Waals surface area contributed by atoms with Gasteiger partial charge in [0.25, 0.3) is 0 Å². The Hall–Kier alpha value is -2.14. The van der Waals surface area contributed by atoms with Crippen molar-refractivity contribution in [3.05, 3.63) is 64.1 Å². The van der Waals surface area contributed by atoms with Crippen molar-refractivity contribution in [2.75, 3.05) is 6.61 Å². The number of carbonyl (C=O) groups excluding carboxylic acids is 2. The molecule has 2 rings (SSSR count). The van der Waals surface area contributed by atoms with Gasteiger partial charge in [-0.25, -0.2) is 9.59 Å². The van der Waals surface area contributed by atoms with Gasteiger partial charge in [-0.15, -0.1) is 0 Å². The zero-order valence-corrected chi connectivity index (χ0v) is 15.8. The zero-order chi connectivity index (χ0) is 18.1. The largest absolute Gasteiger partial charge is 0.462 e. The number of halogens is 1. The van der Waals surface area contributed by atoms with Gasteiger partial charge in [0.1, 0.15) is 5.75 Å². The molecule has 0 aliphatic rings. The Morgan fingerprint density at radius 3 is 2.04 bits per heavy atom. The van der Waals surface area contributed by atoms with Crippen LogP contribution in [0.5, 0.6) is 5.75 Å². The lowest BCUT2D eigenvalue weighted by Gasteiger charge is -2.06. The molecule has 0 spiro atoms. The Kier molecular flexibility index (Phi) is 7.67. The molecule has 2 aromatic rings. The topological polar surface area (TPSA) is 52.6 Å². The van der Waals surface area contributed by atoms with Crippen LogP contribution in [0.25, 0.3) is 0 Å². The molecule has 4 nitrogen and oxygen atoms in total. The molecule has 0 aliphatic heterocycles. The Morgan fingerprint density at radius 2 is 1.44 bits per heavy atom. The van der Waals surface area contributed by atoms with Crippen molar-refractivity contribution in [2.45, 2.75) is 32.6 Å². The van der Waals surface area contributed by atoms with Gasteiger partial charge in [-0.3, -0.25) is 0 Å². The molecule has 0 saturated carbocycles. The van der Waals surface area contributed by atoms with Crippen LogP contribution in [-0.4, -0.2) is 18.5 Å². The van der Waals surface area contributed by atoms with E-state index in [4.69, 9.17) is 9.47 Å². The minimum Gasteiger partial charge on any atom is -0.462 e. The van der Waals surface area contributed by atoms with Crippen LogP contribution in [0.15, 0.2) is 53.0 Å². The number of rotatable bonds is 8. The van der Waals surface area contributed by atoms with E-state index in [2.05, 4.69) is 22.9 Å². The lowest BCUT2D eigenvalue weighted by molar-refractivity contribution is 0.0497. The molecule has 0 saturated heterocycles. The second-order valence-electron chi connectivity index (χ2n) is 5.62. The highest BCUT2D eigenvalue weighted by Gasteiger charge is 2.11. The molecule has 0 atom stereocenters. The third kappa shape index (κ3) is 6.35. The van der Waals surface area contributed by atoms with E-state index in [1.54, 1.807) is 48.5 Å². The van der Waals surface area contributed by atoms with Gasteiger partial charge in [0.05, 0.1) is 17.7 Å². The summed E-state index contributed by atoms with van der Waals surface area (Å²) in [6.07, 6.45) is 4.22. The normalized spacial score (nSPS) is 10.3. The second-order valence-corrected chi connectivity index (χ2v) is 6.53. The van der Waals surface area contributed by atoms with E-state index in [1.807, 2.05) is 0 Å². The van der Waals surface area contributed by atoms with E-state index in [-0.39, 0.29) is 5.97 Å². The molecule has 0 unspecified atom stereocenters. The maximum absolute atomic E-state index is 12.1. The van der Waals surface area contributed by atoms with Crippen molar-refractivity contribution in [2.24, 2.45) is 0 Å². The summed E-state index contributed by atoms with van der Waals surface area (Å²) < 4.78 is 11.4. The monoisotopic (exact) mass is 404 g/mol. The quantitative estimate of drug-likeness (QED) is 0.335. The molecule has 0 N–H and O–H groups in total. The summed E-state index contributed by atoms with van der Waals surface area (Å²) in [7, 11) is 0. The molecule has 25 heavy (non-hydrogen) atoms. The number of benzene rings is 2. The van der Waals surface area contributed by atoms with Crippen molar-refractivity contribution in [3.8, 4) is 5.75 Å². The predicted molar refractivity (Wildman–Crippen MR) is 100.0 cm³/mol. The Morgan fingerprint density at radius 1 is 0.840 bits per heavy atom. The van der Waals surface area contributed by atoms with E-state index in [0.29, 0.717) is 23.5 Å². The molecule has 0 bridgehead atoms. The smallest absolute Gasteiger partial charge is 0.343 e. The van der Waals surface area contributed by atoms with Gasteiger partial charge < -0.3 is 9.47 Å². The summed E-state index contributed by atoms with van der Waals surface area (Å²) in [6, 6.07) is 13.3. The number of carbonyl (C=O) groups is 2. The van der Waals surface area contributed by atoms with Crippen LogP contribution in [0.2, 0.25) is 0 Å². The summed E-state index contributed by atoms with van der Waals surface area (Å²) in [5, 5.41) is 0. The molecule has 0 radical (unpaired) electrons. The molecule has 5 heteroatoms. The molecule has 0 aromatic heterocycles. The highest BCUT2D eigenvalue weighted by Crippen LogP contribution is 2.17. The zero-order valence-electron chi connectivity index (χ0n) is 14.2. The van der Waals surface area contributed by atoms with Crippen LogP contribution in [0.3, 0.4) is 0 Å². The van der Waals surface area contributed by atoms with Gasteiger partial charge in [-0.05, 0) is 55.0 Å². The van der Waals surface area contributed by atoms with E-state index in [0.717, 1.165) is 30.2 Å². The van der Waals surface area contributed by atoms with Gasteiger partial charge in [-0.2, -0.15) is 0 Å². The molecule has 0 fully saturated rings. The average Bonchev–Trinajstić information content (AvgIpc) is 2.63. The Balaban J connectivity index is 1.86. The van der Waals surface area contributed by atoms with E-state index in [9.17, 15) is 9.59 Å². The van der Waals surface area contributed by atoms with Crippen LogP contribution in [0, 0.1) is 0 Å². The van der Waals surface area contributed by atoms with Gasteiger partial charge in [0, 0.05) is 4.47 Å². The Labute approximate surface area is 156 Å². The number of esters is 2. The molecule has 2 aromatic carbocycles. The lowest BCUT2D eigenvalue weighted by atomic mass is 10.1. The third-order valence-electron chi connectivity index (χ3n) is 3.61. The van der Waals surface area contributed by atoms with E-state index >= 15 is 0 Å². The summed E-state index contributed by atoms with van der Waals surface area (Å²) in [4.78, 5) is 24.0. The summed E-state index contributed by atoms with van der Waals surface area (Å²) in [5.74, 6) is -0.380. The lowest BCUT2D eigenvalue weighted by Crippen LogP contribution is -2.10. The number of ether oxygens (including phenoxy) is 2. The maximum atomic E-state index is 12.1. The van der Waals surface area contributed by atoms with Crippen LogP contribution in [-0.2, 0) is 4.74 Å².